The molecule has 82 valence electrons. The van der Waals surface area contributed by atoms with Crippen molar-refractivity contribution in [2.45, 2.75) is 19.4 Å². The van der Waals surface area contributed by atoms with Crippen LogP contribution in [-0.4, -0.2) is 25.8 Å². The third-order valence-corrected chi connectivity index (χ3v) is 2.21. The molecular formula is C7H8ClN3O4. The van der Waals surface area contributed by atoms with Crippen LogP contribution in [-0.2, 0) is 10.3 Å². The minimum absolute atomic E-state index is 0.325. The first-order valence-electron chi connectivity index (χ1n) is 3.90. The molecule has 0 radical (unpaired) electrons. The first-order chi connectivity index (χ1) is 6.76. The predicted molar refractivity (Wildman–Crippen MR) is 50.8 cm³/mol. The molecule has 0 aliphatic heterocycles. The van der Waals surface area contributed by atoms with Gasteiger partial charge in [0.1, 0.15) is 6.20 Å². The highest BCUT2D eigenvalue weighted by molar-refractivity contribution is 6.31. The smallest absolute Gasteiger partial charge is 0.331 e. The highest BCUT2D eigenvalue weighted by atomic mass is 35.5. The highest BCUT2D eigenvalue weighted by Gasteiger charge is 2.33. The van der Waals surface area contributed by atoms with Gasteiger partial charge in [0, 0.05) is 0 Å². The van der Waals surface area contributed by atoms with Gasteiger partial charge < -0.3 is 5.11 Å². The molecule has 0 aliphatic rings. The molecule has 1 rings (SSSR count). The zero-order valence-corrected chi connectivity index (χ0v) is 8.72. The molecule has 0 bridgehead atoms. The van der Waals surface area contributed by atoms with Gasteiger partial charge in [-0.1, -0.05) is 11.6 Å². The molecule has 1 N–H and O–H groups in total. The number of aromatic nitrogens is 2. The molecule has 1 aromatic rings. The van der Waals surface area contributed by atoms with Gasteiger partial charge in [-0.05, 0) is 13.8 Å². The van der Waals surface area contributed by atoms with Crippen LogP contribution in [0.25, 0.3) is 0 Å². The van der Waals surface area contributed by atoms with Crippen LogP contribution >= 0.6 is 11.6 Å². The molecule has 1 aromatic heterocycles. The van der Waals surface area contributed by atoms with Crippen LogP contribution in [0.3, 0.4) is 0 Å². The van der Waals surface area contributed by atoms with Gasteiger partial charge in [0.05, 0.1) is 4.92 Å². The summed E-state index contributed by atoms with van der Waals surface area (Å²) in [4.78, 5) is 20.6. The number of hydrogen-bond donors (Lipinski definition) is 1. The van der Waals surface area contributed by atoms with Crippen molar-refractivity contribution in [3.05, 3.63) is 21.5 Å². The number of aliphatic carboxylic acids is 1. The number of carboxylic acids is 1. The van der Waals surface area contributed by atoms with Crippen molar-refractivity contribution in [3.63, 3.8) is 0 Å². The van der Waals surface area contributed by atoms with E-state index in [0.717, 1.165) is 10.9 Å². The van der Waals surface area contributed by atoms with Crippen LogP contribution in [0.1, 0.15) is 13.8 Å². The second-order valence-corrected chi connectivity index (χ2v) is 3.73. The summed E-state index contributed by atoms with van der Waals surface area (Å²) in [6, 6.07) is 0. The van der Waals surface area contributed by atoms with E-state index in [4.69, 9.17) is 16.7 Å². The van der Waals surface area contributed by atoms with Crippen LogP contribution in [0.4, 0.5) is 5.69 Å². The van der Waals surface area contributed by atoms with Crippen molar-refractivity contribution < 1.29 is 14.8 Å². The lowest BCUT2D eigenvalue weighted by Crippen LogP contribution is -2.35. The summed E-state index contributed by atoms with van der Waals surface area (Å²) in [5.74, 6) is -1.16. The van der Waals surface area contributed by atoms with Crippen molar-refractivity contribution >= 4 is 23.3 Å². The Hall–Kier alpha value is -1.63. The number of halogens is 1. The van der Waals surface area contributed by atoms with Gasteiger partial charge in [-0.25, -0.2) is 9.48 Å². The van der Waals surface area contributed by atoms with Gasteiger partial charge in [0.15, 0.2) is 5.54 Å². The van der Waals surface area contributed by atoms with E-state index >= 15 is 0 Å². The quantitative estimate of drug-likeness (QED) is 0.626. The Balaban J connectivity index is 3.24. The maximum Gasteiger partial charge on any atom is 0.331 e. The summed E-state index contributed by atoms with van der Waals surface area (Å²) in [5, 5.41) is 22.6. The zero-order chi connectivity index (χ0) is 11.8. The van der Waals surface area contributed by atoms with Gasteiger partial charge in [-0.3, -0.25) is 10.1 Å². The Bertz CT molecular complexity index is 426. The molecule has 0 spiro atoms. The summed E-state index contributed by atoms with van der Waals surface area (Å²) < 4.78 is 0.954. The molecule has 0 saturated carbocycles. The number of hydrogen-bond acceptors (Lipinski definition) is 4. The average molecular weight is 234 g/mol. The standard InChI is InChI=1S/C7H8ClN3O4/c1-7(2,6(12)13)10-3-4(11(14)15)5(8)9-10/h3H,1-2H3,(H,12,13). The maximum absolute atomic E-state index is 10.8. The van der Waals surface area contributed by atoms with Crippen LogP contribution in [0, 0.1) is 10.1 Å². The fraction of sp³-hybridized carbons (Fsp3) is 0.429. The zero-order valence-electron chi connectivity index (χ0n) is 7.97. The SMILES string of the molecule is CC(C)(C(=O)O)n1cc([N+](=O)[O-])c(Cl)n1. The van der Waals surface area contributed by atoms with E-state index in [9.17, 15) is 14.9 Å². The predicted octanol–water partition coefficient (Wildman–Crippen LogP) is 1.26. The number of carboxylic acid groups (broad SMARTS) is 1. The van der Waals surface area contributed by atoms with Crippen LogP contribution in [0.15, 0.2) is 6.20 Å². The van der Waals surface area contributed by atoms with Crippen molar-refractivity contribution in [1.29, 1.82) is 0 Å². The Morgan fingerprint density at radius 2 is 2.27 bits per heavy atom. The van der Waals surface area contributed by atoms with E-state index in [1.807, 2.05) is 0 Å². The topological polar surface area (TPSA) is 98.3 Å². The molecule has 0 fully saturated rings. The third kappa shape index (κ3) is 1.91. The second kappa shape index (κ2) is 3.50. The molecule has 0 unspecified atom stereocenters. The molecule has 0 atom stereocenters. The monoisotopic (exact) mass is 233 g/mol. The van der Waals surface area contributed by atoms with Crippen molar-refractivity contribution in [3.8, 4) is 0 Å². The van der Waals surface area contributed by atoms with Crippen LogP contribution < -0.4 is 0 Å². The Morgan fingerprint density at radius 1 is 1.73 bits per heavy atom. The van der Waals surface area contributed by atoms with Crippen molar-refractivity contribution in [1.82, 2.24) is 9.78 Å². The van der Waals surface area contributed by atoms with E-state index in [1.54, 1.807) is 0 Å². The van der Waals surface area contributed by atoms with Gasteiger partial charge in [0.25, 0.3) is 0 Å². The van der Waals surface area contributed by atoms with Crippen molar-refractivity contribution in [2.24, 2.45) is 0 Å². The molecule has 15 heavy (non-hydrogen) atoms. The van der Waals surface area contributed by atoms with Crippen LogP contribution in [0.5, 0.6) is 0 Å². The fourth-order valence-electron chi connectivity index (χ4n) is 0.851. The summed E-state index contributed by atoms with van der Waals surface area (Å²) in [5.41, 5.74) is -1.79. The van der Waals surface area contributed by atoms with E-state index in [1.165, 1.54) is 13.8 Å². The van der Waals surface area contributed by atoms with Gasteiger partial charge in [-0.2, -0.15) is 5.10 Å². The Kier molecular flexibility index (Phi) is 2.67. The molecular weight excluding hydrogens is 226 g/mol. The molecule has 8 heteroatoms. The van der Waals surface area contributed by atoms with Crippen LogP contribution in [0.2, 0.25) is 5.15 Å². The minimum atomic E-state index is -1.38. The lowest BCUT2D eigenvalue weighted by molar-refractivity contribution is -0.384. The average Bonchev–Trinajstić information content (AvgIpc) is 2.47. The first-order valence-corrected chi connectivity index (χ1v) is 4.28. The minimum Gasteiger partial charge on any atom is -0.479 e. The maximum atomic E-state index is 10.8. The molecule has 0 aliphatic carbocycles. The summed E-state index contributed by atoms with van der Waals surface area (Å²) in [6.07, 6.45) is 0.996. The molecule has 0 amide bonds. The van der Waals surface area contributed by atoms with E-state index in [-0.39, 0.29) is 5.15 Å². The fourth-order valence-corrected chi connectivity index (χ4v) is 1.05. The van der Waals surface area contributed by atoms with E-state index in [2.05, 4.69) is 5.10 Å². The lowest BCUT2D eigenvalue weighted by atomic mass is 10.1. The van der Waals surface area contributed by atoms with Crippen molar-refractivity contribution in [2.75, 3.05) is 0 Å². The molecule has 1 heterocycles. The lowest BCUT2D eigenvalue weighted by Gasteiger charge is -2.18. The molecule has 7 nitrogen and oxygen atoms in total. The number of nitro groups is 1. The number of carbonyl (C=O) groups is 1. The number of rotatable bonds is 3. The van der Waals surface area contributed by atoms with E-state index < -0.39 is 22.1 Å². The third-order valence-electron chi connectivity index (χ3n) is 1.94. The summed E-state index contributed by atoms with van der Waals surface area (Å²) >= 11 is 5.48. The normalized spacial score (nSPS) is 11.4. The number of nitrogens with zero attached hydrogens (tertiary/aromatic N) is 3. The van der Waals surface area contributed by atoms with E-state index in [0.29, 0.717) is 0 Å². The van der Waals surface area contributed by atoms with Gasteiger partial charge >= 0.3 is 11.7 Å². The first kappa shape index (κ1) is 11.4. The summed E-state index contributed by atoms with van der Waals surface area (Å²) in [7, 11) is 0. The summed E-state index contributed by atoms with van der Waals surface area (Å²) in [6.45, 7) is 2.73. The highest BCUT2D eigenvalue weighted by Crippen LogP contribution is 2.25. The second-order valence-electron chi connectivity index (χ2n) is 3.37. The van der Waals surface area contributed by atoms with Gasteiger partial charge in [0.2, 0.25) is 5.15 Å². The van der Waals surface area contributed by atoms with Gasteiger partial charge in [-0.15, -0.1) is 0 Å². The Morgan fingerprint density at radius 3 is 2.60 bits per heavy atom. The largest absolute Gasteiger partial charge is 0.479 e. The molecule has 0 saturated heterocycles. The Labute approximate surface area is 89.4 Å². The molecule has 0 aromatic carbocycles.